The normalized spacial score (nSPS) is 12.8. The first-order chi connectivity index (χ1) is 12.6. The van der Waals surface area contributed by atoms with E-state index < -0.39 is 0 Å². The average molecular weight is 362 g/mol. The quantitative estimate of drug-likeness (QED) is 0.702. The minimum Gasteiger partial charge on any atom is -0.326 e. The molecule has 1 aliphatic carbocycles. The van der Waals surface area contributed by atoms with Gasteiger partial charge in [0, 0.05) is 16.1 Å². The van der Waals surface area contributed by atoms with Crippen molar-refractivity contribution in [3.8, 4) is 11.3 Å². The fourth-order valence-electron chi connectivity index (χ4n) is 3.49. The molecule has 0 unspecified atom stereocenters. The molecule has 0 aliphatic heterocycles. The second-order valence-corrected chi connectivity index (χ2v) is 8.23. The van der Waals surface area contributed by atoms with Crippen LogP contribution in [0.1, 0.15) is 33.0 Å². The molecular weight excluding hydrogens is 340 g/mol. The molecule has 0 saturated heterocycles. The lowest BCUT2D eigenvalue weighted by molar-refractivity contribution is -0.115. The summed E-state index contributed by atoms with van der Waals surface area (Å²) in [5.41, 5.74) is 7.12. The van der Waals surface area contributed by atoms with Crippen molar-refractivity contribution in [2.24, 2.45) is 0 Å². The van der Waals surface area contributed by atoms with Gasteiger partial charge < -0.3 is 5.32 Å². The maximum atomic E-state index is 12.3. The van der Waals surface area contributed by atoms with Gasteiger partial charge in [-0.05, 0) is 62.4 Å². The third kappa shape index (κ3) is 3.56. The zero-order chi connectivity index (χ0) is 18.1. The van der Waals surface area contributed by atoms with Crippen molar-refractivity contribution in [3.63, 3.8) is 0 Å². The highest BCUT2D eigenvalue weighted by Gasteiger charge is 2.16. The van der Waals surface area contributed by atoms with E-state index in [4.69, 9.17) is 4.98 Å². The highest BCUT2D eigenvalue weighted by molar-refractivity contribution is 7.12. The molecule has 0 radical (unpaired) electrons. The fourth-order valence-corrected chi connectivity index (χ4v) is 4.45. The van der Waals surface area contributed by atoms with E-state index in [2.05, 4.69) is 30.4 Å². The Morgan fingerprint density at radius 3 is 2.65 bits per heavy atom. The molecule has 0 saturated carbocycles. The first kappa shape index (κ1) is 17.0. The molecule has 132 valence electrons. The standard InChI is InChI=1S/C22H22N2OS/c1-14-6-10-19(11-7-14)23-20(25)13-21-24-22(15(2)26-21)18-9-8-16-4-3-5-17(16)12-18/h6-12H,3-5,13H2,1-2H3,(H,23,25). The Morgan fingerprint density at radius 1 is 1.08 bits per heavy atom. The molecule has 0 fully saturated rings. The molecule has 1 amide bonds. The van der Waals surface area contributed by atoms with Gasteiger partial charge in [-0.25, -0.2) is 4.98 Å². The second-order valence-electron chi connectivity index (χ2n) is 6.94. The van der Waals surface area contributed by atoms with Crippen LogP contribution in [0.2, 0.25) is 0 Å². The molecular formula is C22H22N2OS. The van der Waals surface area contributed by atoms with E-state index in [-0.39, 0.29) is 5.91 Å². The zero-order valence-electron chi connectivity index (χ0n) is 15.1. The summed E-state index contributed by atoms with van der Waals surface area (Å²) in [4.78, 5) is 18.3. The number of carbonyl (C=O) groups excluding carboxylic acids is 1. The molecule has 4 heteroatoms. The van der Waals surface area contributed by atoms with Gasteiger partial charge >= 0.3 is 0 Å². The number of hydrogen-bond acceptors (Lipinski definition) is 3. The van der Waals surface area contributed by atoms with Crippen LogP contribution in [0.3, 0.4) is 0 Å². The Bertz CT molecular complexity index is 957. The summed E-state index contributed by atoms with van der Waals surface area (Å²) in [6.07, 6.45) is 3.91. The topological polar surface area (TPSA) is 42.0 Å². The van der Waals surface area contributed by atoms with Crippen LogP contribution in [0.4, 0.5) is 5.69 Å². The molecule has 2 aromatic carbocycles. The summed E-state index contributed by atoms with van der Waals surface area (Å²) in [5, 5.41) is 3.81. The third-order valence-electron chi connectivity index (χ3n) is 4.86. The predicted octanol–water partition coefficient (Wildman–Crippen LogP) is 5.10. The molecule has 0 spiro atoms. The van der Waals surface area contributed by atoms with E-state index in [1.807, 2.05) is 31.2 Å². The lowest BCUT2D eigenvalue weighted by Gasteiger charge is -2.04. The lowest BCUT2D eigenvalue weighted by Crippen LogP contribution is -2.14. The Kier molecular flexibility index (Phi) is 4.60. The van der Waals surface area contributed by atoms with Gasteiger partial charge in [0.05, 0.1) is 12.1 Å². The maximum absolute atomic E-state index is 12.3. The number of anilines is 1. The van der Waals surface area contributed by atoms with Gasteiger partial charge in [0.2, 0.25) is 5.91 Å². The molecule has 0 atom stereocenters. The Hall–Kier alpha value is -2.46. The highest BCUT2D eigenvalue weighted by atomic mass is 32.1. The minimum absolute atomic E-state index is 0.0249. The highest BCUT2D eigenvalue weighted by Crippen LogP contribution is 2.32. The van der Waals surface area contributed by atoms with E-state index in [0.29, 0.717) is 6.42 Å². The van der Waals surface area contributed by atoms with Crippen LogP contribution in [0, 0.1) is 13.8 Å². The van der Waals surface area contributed by atoms with Crippen molar-refractivity contribution in [1.82, 2.24) is 4.98 Å². The van der Waals surface area contributed by atoms with Crippen LogP contribution < -0.4 is 5.32 Å². The molecule has 1 N–H and O–H groups in total. The van der Waals surface area contributed by atoms with Crippen LogP contribution in [-0.4, -0.2) is 10.9 Å². The van der Waals surface area contributed by atoms with Crippen molar-refractivity contribution < 1.29 is 4.79 Å². The molecule has 26 heavy (non-hydrogen) atoms. The maximum Gasteiger partial charge on any atom is 0.231 e. The second kappa shape index (κ2) is 7.04. The molecule has 4 rings (SSSR count). The molecule has 1 heterocycles. The van der Waals surface area contributed by atoms with Crippen molar-refractivity contribution in [2.75, 3.05) is 5.32 Å². The van der Waals surface area contributed by atoms with Gasteiger partial charge in [-0.3, -0.25) is 4.79 Å². The van der Waals surface area contributed by atoms with Crippen LogP contribution >= 0.6 is 11.3 Å². The largest absolute Gasteiger partial charge is 0.326 e. The van der Waals surface area contributed by atoms with Crippen LogP contribution in [0.15, 0.2) is 42.5 Å². The van der Waals surface area contributed by atoms with Crippen molar-refractivity contribution in [3.05, 3.63) is 69.0 Å². The SMILES string of the molecule is Cc1ccc(NC(=O)Cc2nc(-c3ccc4c(c3)CCC4)c(C)s2)cc1. The summed E-state index contributed by atoms with van der Waals surface area (Å²) in [6.45, 7) is 4.12. The first-order valence-corrected chi connectivity index (χ1v) is 9.85. The third-order valence-corrected chi connectivity index (χ3v) is 5.83. The first-order valence-electron chi connectivity index (χ1n) is 9.03. The predicted molar refractivity (Wildman–Crippen MR) is 108 cm³/mol. The average Bonchev–Trinajstić information content (AvgIpc) is 3.22. The fraction of sp³-hybridized carbons (Fsp3) is 0.273. The minimum atomic E-state index is -0.0249. The summed E-state index contributed by atoms with van der Waals surface area (Å²) in [6, 6.07) is 14.5. The van der Waals surface area contributed by atoms with E-state index >= 15 is 0 Å². The number of nitrogens with one attached hydrogen (secondary N) is 1. The Labute approximate surface area is 158 Å². The summed E-state index contributed by atoms with van der Waals surface area (Å²) >= 11 is 1.61. The molecule has 1 aromatic heterocycles. The summed E-state index contributed by atoms with van der Waals surface area (Å²) in [7, 11) is 0. The van der Waals surface area contributed by atoms with Gasteiger partial charge in [-0.15, -0.1) is 11.3 Å². The van der Waals surface area contributed by atoms with Crippen LogP contribution in [0.25, 0.3) is 11.3 Å². The van der Waals surface area contributed by atoms with Gasteiger partial charge in [-0.1, -0.05) is 29.8 Å². The number of carbonyl (C=O) groups is 1. The van der Waals surface area contributed by atoms with Crippen LogP contribution in [-0.2, 0) is 24.1 Å². The number of aryl methyl sites for hydroxylation is 4. The number of aromatic nitrogens is 1. The van der Waals surface area contributed by atoms with Crippen molar-refractivity contribution in [2.45, 2.75) is 39.5 Å². The van der Waals surface area contributed by atoms with Crippen LogP contribution in [0.5, 0.6) is 0 Å². The van der Waals surface area contributed by atoms with Crippen molar-refractivity contribution >= 4 is 22.9 Å². The van der Waals surface area contributed by atoms with Gasteiger partial charge in [0.25, 0.3) is 0 Å². The Balaban J connectivity index is 1.49. The number of thiazole rings is 1. The monoisotopic (exact) mass is 362 g/mol. The summed E-state index contributed by atoms with van der Waals surface area (Å²) < 4.78 is 0. The smallest absolute Gasteiger partial charge is 0.231 e. The van der Waals surface area contributed by atoms with Gasteiger partial charge in [0.15, 0.2) is 0 Å². The molecule has 3 nitrogen and oxygen atoms in total. The van der Waals surface area contributed by atoms with E-state index in [9.17, 15) is 4.79 Å². The number of nitrogens with zero attached hydrogens (tertiary/aromatic N) is 1. The number of amides is 1. The summed E-state index contributed by atoms with van der Waals surface area (Å²) in [5.74, 6) is -0.0249. The molecule has 3 aromatic rings. The van der Waals surface area contributed by atoms with Gasteiger partial charge in [0.1, 0.15) is 5.01 Å². The number of rotatable bonds is 4. The van der Waals surface area contributed by atoms with E-state index in [1.54, 1.807) is 11.3 Å². The number of benzene rings is 2. The zero-order valence-corrected chi connectivity index (χ0v) is 16.0. The lowest BCUT2D eigenvalue weighted by atomic mass is 10.0. The van der Waals surface area contributed by atoms with Crippen molar-refractivity contribution in [1.29, 1.82) is 0 Å². The number of fused-ring (bicyclic) bond motifs is 1. The Morgan fingerprint density at radius 2 is 1.85 bits per heavy atom. The van der Waals surface area contributed by atoms with Gasteiger partial charge in [-0.2, -0.15) is 0 Å². The van der Waals surface area contributed by atoms with E-state index in [0.717, 1.165) is 22.8 Å². The molecule has 1 aliphatic rings. The number of hydrogen-bond donors (Lipinski definition) is 1. The molecule has 0 bridgehead atoms. The van der Waals surface area contributed by atoms with E-state index in [1.165, 1.54) is 40.0 Å².